The summed E-state index contributed by atoms with van der Waals surface area (Å²) in [5.74, 6) is 0.813. The number of rotatable bonds is 3. The molecular formula is C13H14BrN5O. The van der Waals surface area contributed by atoms with E-state index in [0.717, 1.165) is 0 Å². The quantitative estimate of drug-likeness (QED) is 0.861. The molecule has 104 valence electrons. The topological polar surface area (TPSA) is 71.9 Å². The van der Waals surface area contributed by atoms with Gasteiger partial charge in [0.25, 0.3) is 5.91 Å². The van der Waals surface area contributed by atoms with Gasteiger partial charge in [0.1, 0.15) is 11.5 Å². The van der Waals surface area contributed by atoms with Crippen LogP contribution in [0, 0.1) is 0 Å². The molecule has 0 aliphatic heterocycles. The highest BCUT2D eigenvalue weighted by Gasteiger charge is 2.21. The van der Waals surface area contributed by atoms with Gasteiger partial charge in [-0.1, -0.05) is 13.8 Å². The third-order valence-electron chi connectivity index (χ3n) is 2.64. The molecule has 0 atom stereocenters. The monoisotopic (exact) mass is 335 g/mol. The first-order valence-electron chi connectivity index (χ1n) is 6.08. The van der Waals surface area contributed by atoms with Crippen LogP contribution in [0.15, 0.2) is 29.1 Å². The van der Waals surface area contributed by atoms with Crippen molar-refractivity contribution >= 4 is 27.8 Å². The summed E-state index contributed by atoms with van der Waals surface area (Å²) in [5.41, 5.74) is 0.304. The number of aromatic nitrogens is 4. The van der Waals surface area contributed by atoms with Crippen LogP contribution in [-0.2, 0) is 0 Å². The number of carbonyl (C=O) groups is 1. The van der Waals surface area contributed by atoms with Gasteiger partial charge in [0.2, 0.25) is 5.95 Å². The number of halogens is 1. The lowest BCUT2D eigenvalue weighted by atomic mass is 10.2. The Morgan fingerprint density at radius 2 is 1.90 bits per heavy atom. The maximum Gasteiger partial charge on any atom is 0.280 e. The molecule has 1 amide bonds. The fraction of sp³-hybridized carbons (Fsp3) is 0.308. The van der Waals surface area contributed by atoms with Crippen molar-refractivity contribution in [1.29, 1.82) is 0 Å². The van der Waals surface area contributed by atoms with Gasteiger partial charge in [0.05, 0.1) is 4.47 Å². The van der Waals surface area contributed by atoms with Gasteiger partial charge < -0.3 is 0 Å². The van der Waals surface area contributed by atoms with E-state index in [-0.39, 0.29) is 11.8 Å². The van der Waals surface area contributed by atoms with E-state index in [1.165, 1.54) is 4.90 Å². The van der Waals surface area contributed by atoms with Gasteiger partial charge in [-0.05, 0) is 22.0 Å². The summed E-state index contributed by atoms with van der Waals surface area (Å²) < 4.78 is 0.551. The molecule has 2 heterocycles. The summed E-state index contributed by atoms with van der Waals surface area (Å²) >= 11 is 3.31. The van der Waals surface area contributed by atoms with Crippen LogP contribution in [0.3, 0.4) is 0 Å². The van der Waals surface area contributed by atoms with E-state index in [2.05, 4.69) is 35.9 Å². The highest BCUT2D eigenvalue weighted by Crippen LogP contribution is 2.19. The summed E-state index contributed by atoms with van der Waals surface area (Å²) in [6.07, 6.45) is 4.76. The van der Waals surface area contributed by atoms with Crippen molar-refractivity contribution in [3.05, 3.63) is 40.6 Å². The van der Waals surface area contributed by atoms with E-state index in [9.17, 15) is 4.79 Å². The Morgan fingerprint density at radius 1 is 1.25 bits per heavy atom. The summed E-state index contributed by atoms with van der Waals surface area (Å²) in [6.45, 7) is 3.95. The van der Waals surface area contributed by atoms with Crippen molar-refractivity contribution < 1.29 is 4.79 Å². The minimum atomic E-state index is -0.285. The zero-order valence-corrected chi connectivity index (χ0v) is 13.0. The standard InChI is InChI=1S/C13H14BrN5O/c1-8(2)11-17-7-9(14)10(18-11)12(20)19(3)13-15-5-4-6-16-13/h4-8H,1-3H3. The highest BCUT2D eigenvalue weighted by molar-refractivity contribution is 9.10. The molecule has 0 aliphatic carbocycles. The van der Waals surface area contributed by atoms with Crippen LogP contribution in [0.25, 0.3) is 0 Å². The average molecular weight is 336 g/mol. The van der Waals surface area contributed by atoms with Crippen LogP contribution in [0.1, 0.15) is 36.1 Å². The lowest BCUT2D eigenvalue weighted by molar-refractivity contribution is 0.0985. The first kappa shape index (κ1) is 14.5. The Bertz CT molecular complexity index is 617. The Kier molecular flexibility index (Phi) is 4.39. The molecule has 0 radical (unpaired) electrons. The molecule has 0 aliphatic rings. The fourth-order valence-electron chi connectivity index (χ4n) is 1.52. The minimum absolute atomic E-state index is 0.146. The van der Waals surface area contributed by atoms with Crippen molar-refractivity contribution in [3.8, 4) is 0 Å². The Hall–Kier alpha value is -1.89. The van der Waals surface area contributed by atoms with E-state index in [1.807, 2.05) is 13.8 Å². The predicted molar refractivity (Wildman–Crippen MR) is 78.6 cm³/mol. The minimum Gasteiger partial charge on any atom is -0.278 e. The molecule has 0 aromatic carbocycles. The molecule has 0 saturated heterocycles. The summed E-state index contributed by atoms with van der Waals surface area (Å²) in [5, 5.41) is 0. The molecule has 0 saturated carbocycles. The number of hydrogen-bond acceptors (Lipinski definition) is 5. The second-order valence-electron chi connectivity index (χ2n) is 4.49. The van der Waals surface area contributed by atoms with E-state index in [4.69, 9.17) is 0 Å². The third kappa shape index (κ3) is 2.98. The van der Waals surface area contributed by atoms with Crippen molar-refractivity contribution in [2.45, 2.75) is 19.8 Å². The lowest BCUT2D eigenvalue weighted by Gasteiger charge is -2.15. The van der Waals surface area contributed by atoms with Crippen molar-refractivity contribution in [3.63, 3.8) is 0 Å². The van der Waals surface area contributed by atoms with Crippen LogP contribution >= 0.6 is 15.9 Å². The van der Waals surface area contributed by atoms with Crippen LogP contribution in [0.2, 0.25) is 0 Å². The molecular weight excluding hydrogens is 322 g/mol. The van der Waals surface area contributed by atoms with Crippen molar-refractivity contribution in [2.24, 2.45) is 0 Å². The first-order chi connectivity index (χ1) is 9.50. The molecule has 6 nitrogen and oxygen atoms in total. The van der Waals surface area contributed by atoms with Gasteiger partial charge in [-0.3, -0.25) is 9.69 Å². The van der Waals surface area contributed by atoms with Crippen molar-refractivity contribution in [1.82, 2.24) is 19.9 Å². The van der Waals surface area contributed by atoms with Gasteiger partial charge >= 0.3 is 0 Å². The second kappa shape index (κ2) is 6.04. The first-order valence-corrected chi connectivity index (χ1v) is 6.87. The smallest absolute Gasteiger partial charge is 0.278 e. The lowest BCUT2D eigenvalue weighted by Crippen LogP contribution is -2.29. The fourth-order valence-corrected chi connectivity index (χ4v) is 1.88. The van der Waals surface area contributed by atoms with Gasteiger partial charge in [-0.25, -0.2) is 19.9 Å². The number of amides is 1. The molecule has 0 bridgehead atoms. The summed E-state index contributed by atoms with van der Waals surface area (Å²) in [4.78, 5) is 30.4. The Balaban J connectivity index is 2.36. The summed E-state index contributed by atoms with van der Waals surface area (Å²) in [6, 6.07) is 1.69. The Labute approximate surface area is 125 Å². The molecule has 0 N–H and O–H groups in total. The molecule has 0 fully saturated rings. The average Bonchev–Trinajstić information content (AvgIpc) is 2.47. The zero-order valence-electron chi connectivity index (χ0n) is 11.4. The van der Waals surface area contributed by atoms with E-state index >= 15 is 0 Å². The number of hydrogen-bond donors (Lipinski definition) is 0. The molecule has 7 heteroatoms. The van der Waals surface area contributed by atoms with E-state index in [0.29, 0.717) is 21.9 Å². The highest BCUT2D eigenvalue weighted by atomic mass is 79.9. The molecule has 0 unspecified atom stereocenters. The van der Waals surface area contributed by atoms with Crippen molar-refractivity contribution in [2.75, 3.05) is 11.9 Å². The van der Waals surface area contributed by atoms with Crippen LogP contribution < -0.4 is 4.90 Å². The number of carbonyl (C=O) groups excluding carboxylic acids is 1. The number of nitrogens with zero attached hydrogens (tertiary/aromatic N) is 5. The maximum absolute atomic E-state index is 12.5. The van der Waals surface area contributed by atoms with Gasteiger partial charge in [-0.2, -0.15) is 0 Å². The summed E-state index contributed by atoms with van der Waals surface area (Å²) in [7, 11) is 1.61. The van der Waals surface area contributed by atoms with Crippen LogP contribution in [0.4, 0.5) is 5.95 Å². The van der Waals surface area contributed by atoms with Crippen LogP contribution in [0.5, 0.6) is 0 Å². The maximum atomic E-state index is 12.5. The molecule has 2 rings (SSSR count). The van der Waals surface area contributed by atoms with E-state index in [1.54, 1.807) is 31.7 Å². The van der Waals surface area contributed by atoms with E-state index < -0.39 is 0 Å². The van der Waals surface area contributed by atoms with Gasteiger partial charge in [0, 0.05) is 31.6 Å². The largest absolute Gasteiger partial charge is 0.280 e. The van der Waals surface area contributed by atoms with Crippen LogP contribution in [-0.4, -0.2) is 32.9 Å². The Morgan fingerprint density at radius 3 is 2.50 bits per heavy atom. The normalized spacial score (nSPS) is 10.7. The SMILES string of the molecule is CC(C)c1ncc(Br)c(C(=O)N(C)c2ncccn2)n1. The second-order valence-corrected chi connectivity index (χ2v) is 5.35. The molecule has 2 aromatic rings. The van der Waals surface area contributed by atoms with Gasteiger partial charge in [0.15, 0.2) is 0 Å². The van der Waals surface area contributed by atoms with Gasteiger partial charge in [-0.15, -0.1) is 0 Å². The number of anilines is 1. The predicted octanol–water partition coefficient (Wildman–Crippen LogP) is 2.43. The third-order valence-corrected chi connectivity index (χ3v) is 3.22. The zero-order chi connectivity index (χ0) is 14.7. The molecule has 2 aromatic heterocycles. The molecule has 0 spiro atoms. The molecule has 20 heavy (non-hydrogen) atoms.